The summed E-state index contributed by atoms with van der Waals surface area (Å²) in [7, 11) is 0. The largest absolute Gasteiger partial charge is 0.382 e. The number of hydrogen-bond donors (Lipinski definition) is 3. The number of aromatic nitrogens is 2. The highest BCUT2D eigenvalue weighted by molar-refractivity contribution is 7.99. The first-order chi connectivity index (χ1) is 12.7. The summed E-state index contributed by atoms with van der Waals surface area (Å²) in [5.41, 5.74) is 1.50. The second-order valence-corrected chi connectivity index (χ2v) is 8.95. The number of thioether (sulfide) groups is 1. The Kier molecular flexibility index (Phi) is 5.72. The Bertz CT molecular complexity index is 828. The number of anilines is 1. The number of hydrogen-bond acceptors (Lipinski definition) is 5. The zero-order chi connectivity index (χ0) is 17.9. The topological polar surface area (TPSA) is 69.8 Å². The van der Waals surface area contributed by atoms with Crippen molar-refractivity contribution in [3.05, 3.63) is 33.3 Å². The van der Waals surface area contributed by atoms with E-state index in [1.165, 1.54) is 38.5 Å². The molecule has 2 heterocycles. The predicted molar refractivity (Wildman–Crippen MR) is 110 cm³/mol. The SMILES string of the molecule is O=c1[nH]c(CSC2CCNCC2)nc2cc(NC3CCCC3)cc(Cl)c12. The van der Waals surface area contributed by atoms with E-state index < -0.39 is 0 Å². The number of nitrogens with one attached hydrogen (secondary N) is 3. The molecule has 2 aromatic rings. The number of H-pyrrole nitrogens is 1. The van der Waals surface area contributed by atoms with Crippen LogP contribution in [0.15, 0.2) is 16.9 Å². The first-order valence-electron chi connectivity index (χ1n) is 9.50. The van der Waals surface area contributed by atoms with Gasteiger partial charge in [-0.25, -0.2) is 4.98 Å². The molecule has 0 atom stereocenters. The Balaban J connectivity index is 1.55. The van der Waals surface area contributed by atoms with E-state index in [-0.39, 0.29) is 5.56 Å². The van der Waals surface area contributed by atoms with Crippen LogP contribution in [0, 0.1) is 0 Å². The van der Waals surface area contributed by atoms with Gasteiger partial charge in [0.25, 0.3) is 5.56 Å². The van der Waals surface area contributed by atoms with E-state index in [1.807, 2.05) is 23.9 Å². The lowest BCUT2D eigenvalue weighted by molar-refractivity contribution is 0.531. The van der Waals surface area contributed by atoms with Gasteiger partial charge in [-0.1, -0.05) is 24.4 Å². The van der Waals surface area contributed by atoms with Crippen molar-refractivity contribution in [2.24, 2.45) is 0 Å². The Labute approximate surface area is 162 Å². The van der Waals surface area contributed by atoms with E-state index in [0.29, 0.717) is 27.2 Å². The number of fused-ring (bicyclic) bond motifs is 1. The third kappa shape index (κ3) is 4.18. The van der Waals surface area contributed by atoms with E-state index >= 15 is 0 Å². The summed E-state index contributed by atoms with van der Waals surface area (Å²) in [4.78, 5) is 20.1. The molecule has 1 saturated heterocycles. The Morgan fingerprint density at radius 2 is 1.96 bits per heavy atom. The van der Waals surface area contributed by atoms with Gasteiger partial charge in [0.1, 0.15) is 5.82 Å². The minimum Gasteiger partial charge on any atom is -0.382 e. The quantitative estimate of drug-likeness (QED) is 0.719. The van der Waals surface area contributed by atoms with Gasteiger partial charge in [0.15, 0.2) is 0 Å². The van der Waals surface area contributed by atoms with Gasteiger partial charge in [-0.05, 0) is 50.9 Å². The van der Waals surface area contributed by atoms with E-state index in [2.05, 4.69) is 15.6 Å². The van der Waals surface area contributed by atoms with E-state index in [1.54, 1.807) is 0 Å². The minimum atomic E-state index is -0.145. The number of halogens is 1. The molecule has 0 spiro atoms. The molecule has 1 aliphatic carbocycles. The lowest BCUT2D eigenvalue weighted by atomic mass is 10.2. The van der Waals surface area contributed by atoms with Crippen LogP contribution in [0.3, 0.4) is 0 Å². The van der Waals surface area contributed by atoms with Gasteiger partial charge in [0.2, 0.25) is 0 Å². The molecule has 1 aromatic carbocycles. The fourth-order valence-corrected chi connectivity index (χ4v) is 5.29. The van der Waals surface area contributed by atoms with Crippen LogP contribution < -0.4 is 16.2 Å². The molecular weight excluding hydrogens is 368 g/mol. The molecule has 2 aliphatic rings. The average molecular weight is 393 g/mol. The lowest BCUT2D eigenvalue weighted by Gasteiger charge is -2.21. The molecule has 0 radical (unpaired) electrons. The van der Waals surface area contributed by atoms with Crippen molar-refractivity contribution in [2.45, 2.75) is 55.6 Å². The van der Waals surface area contributed by atoms with Crippen LogP contribution in [-0.4, -0.2) is 34.3 Å². The molecule has 140 valence electrons. The number of aromatic amines is 1. The van der Waals surface area contributed by atoms with Crippen LogP contribution in [0.2, 0.25) is 5.02 Å². The molecule has 0 unspecified atom stereocenters. The van der Waals surface area contributed by atoms with Crippen molar-refractivity contribution in [1.29, 1.82) is 0 Å². The molecule has 1 aromatic heterocycles. The summed E-state index contributed by atoms with van der Waals surface area (Å²) in [6.45, 7) is 2.15. The molecule has 7 heteroatoms. The summed E-state index contributed by atoms with van der Waals surface area (Å²) in [6.07, 6.45) is 7.27. The Morgan fingerprint density at radius 1 is 1.19 bits per heavy atom. The molecule has 3 N–H and O–H groups in total. The van der Waals surface area contributed by atoms with Crippen molar-refractivity contribution in [3.8, 4) is 0 Å². The maximum atomic E-state index is 12.5. The normalized spacial score (nSPS) is 19.3. The number of benzene rings is 1. The highest BCUT2D eigenvalue weighted by Gasteiger charge is 2.17. The minimum absolute atomic E-state index is 0.145. The highest BCUT2D eigenvalue weighted by atomic mass is 35.5. The summed E-state index contributed by atoms with van der Waals surface area (Å²) < 4.78 is 0. The molecule has 1 saturated carbocycles. The smallest absolute Gasteiger partial charge is 0.260 e. The van der Waals surface area contributed by atoms with Crippen molar-refractivity contribution in [2.75, 3.05) is 18.4 Å². The maximum absolute atomic E-state index is 12.5. The summed E-state index contributed by atoms with van der Waals surface area (Å²) >= 11 is 8.27. The van der Waals surface area contributed by atoms with Crippen LogP contribution in [0.4, 0.5) is 5.69 Å². The fraction of sp³-hybridized carbons (Fsp3) is 0.579. The van der Waals surface area contributed by atoms with E-state index in [0.717, 1.165) is 30.4 Å². The van der Waals surface area contributed by atoms with Crippen LogP contribution in [-0.2, 0) is 5.75 Å². The molecule has 5 nitrogen and oxygen atoms in total. The average Bonchev–Trinajstić information content (AvgIpc) is 3.13. The molecule has 26 heavy (non-hydrogen) atoms. The predicted octanol–water partition coefficient (Wildman–Crippen LogP) is 3.92. The van der Waals surface area contributed by atoms with Crippen LogP contribution in [0.1, 0.15) is 44.3 Å². The van der Waals surface area contributed by atoms with Gasteiger partial charge < -0.3 is 15.6 Å². The van der Waals surface area contributed by atoms with Crippen LogP contribution in [0.5, 0.6) is 0 Å². The number of piperidine rings is 1. The zero-order valence-corrected chi connectivity index (χ0v) is 16.4. The van der Waals surface area contributed by atoms with Gasteiger partial charge in [-0.2, -0.15) is 11.8 Å². The van der Waals surface area contributed by atoms with Crippen molar-refractivity contribution >= 4 is 40.0 Å². The van der Waals surface area contributed by atoms with Crippen molar-refractivity contribution < 1.29 is 0 Å². The van der Waals surface area contributed by atoms with E-state index in [9.17, 15) is 4.79 Å². The van der Waals surface area contributed by atoms with Gasteiger partial charge in [-0.3, -0.25) is 4.79 Å². The van der Waals surface area contributed by atoms with Crippen molar-refractivity contribution in [1.82, 2.24) is 15.3 Å². The van der Waals surface area contributed by atoms with Crippen LogP contribution >= 0.6 is 23.4 Å². The maximum Gasteiger partial charge on any atom is 0.260 e. The molecule has 4 rings (SSSR count). The van der Waals surface area contributed by atoms with Gasteiger partial charge >= 0.3 is 0 Å². The van der Waals surface area contributed by atoms with Crippen LogP contribution in [0.25, 0.3) is 10.9 Å². The summed E-state index contributed by atoms with van der Waals surface area (Å²) in [5.74, 6) is 1.47. The first-order valence-corrected chi connectivity index (χ1v) is 10.9. The molecule has 0 amide bonds. The standard InChI is InChI=1S/C19H25ClN4OS/c20-15-9-13(22-12-3-1-2-4-12)10-16-18(15)19(25)24-17(23-16)11-26-14-5-7-21-8-6-14/h9-10,12,14,21-22H,1-8,11H2,(H,23,24,25). The summed E-state index contributed by atoms with van der Waals surface area (Å²) in [6, 6.07) is 4.32. The highest BCUT2D eigenvalue weighted by Crippen LogP contribution is 2.29. The number of nitrogens with zero attached hydrogens (tertiary/aromatic N) is 1. The van der Waals surface area contributed by atoms with Gasteiger partial charge in [0, 0.05) is 17.0 Å². The van der Waals surface area contributed by atoms with Gasteiger partial charge in [0.05, 0.1) is 21.7 Å². The Hall–Kier alpha value is -1.24. The second-order valence-electron chi connectivity index (χ2n) is 7.25. The number of rotatable bonds is 5. The molecule has 0 bridgehead atoms. The van der Waals surface area contributed by atoms with Crippen molar-refractivity contribution in [3.63, 3.8) is 0 Å². The molecule has 2 fully saturated rings. The van der Waals surface area contributed by atoms with E-state index in [4.69, 9.17) is 16.6 Å². The monoisotopic (exact) mass is 392 g/mol. The second kappa shape index (κ2) is 8.19. The molecule has 1 aliphatic heterocycles. The Morgan fingerprint density at radius 3 is 2.73 bits per heavy atom. The fourth-order valence-electron chi connectivity index (χ4n) is 3.89. The third-order valence-corrected chi connectivity index (χ3v) is 6.96. The zero-order valence-electron chi connectivity index (χ0n) is 14.8. The third-order valence-electron chi connectivity index (χ3n) is 5.28. The first kappa shape index (κ1) is 18.1. The lowest BCUT2D eigenvalue weighted by Crippen LogP contribution is -2.29. The molecular formula is C19H25ClN4OS. The summed E-state index contributed by atoms with van der Waals surface area (Å²) in [5, 5.41) is 8.52. The van der Waals surface area contributed by atoms with Gasteiger partial charge in [-0.15, -0.1) is 0 Å².